The van der Waals surface area contributed by atoms with Crippen LogP contribution in [-0.4, -0.2) is 17.5 Å². The summed E-state index contributed by atoms with van der Waals surface area (Å²) >= 11 is 2.20. The molecule has 3 aromatic rings. The van der Waals surface area contributed by atoms with Crippen molar-refractivity contribution in [2.24, 2.45) is 0 Å². The number of amides is 1. The third-order valence-electron chi connectivity index (χ3n) is 3.05. The van der Waals surface area contributed by atoms with E-state index >= 15 is 0 Å². The summed E-state index contributed by atoms with van der Waals surface area (Å²) in [5, 5.41) is 3.79. The van der Waals surface area contributed by atoms with Crippen LogP contribution in [0.25, 0.3) is 10.9 Å². The molecule has 110 valence electrons. The van der Waals surface area contributed by atoms with Gasteiger partial charge in [0.05, 0.1) is 5.52 Å². The van der Waals surface area contributed by atoms with Crippen LogP contribution in [0.1, 0.15) is 0 Å². The Hall–Kier alpha value is -2.15. The lowest BCUT2D eigenvalue weighted by Gasteiger charge is -2.08. The lowest BCUT2D eigenvalue weighted by atomic mass is 10.2. The highest BCUT2D eigenvalue weighted by Crippen LogP contribution is 2.19. The van der Waals surface area contributed by atoms with Crippen LogP contribution in [0.2, 0.25) is 0 Å². The molecule has 1 heterocycles. The molecule has 22 heavy (non-hydrogen) atoms. The van der Waals surface area contributed by atoms with Crippen LogP contribution in [0, 0.1) is 3.57 Å². The topological polar surface area (TPSA) is 51.2 Å². The van der Waals surface area contributed by atoms with Crippen LogP contribution in [0.5, 0.6) is 5.75 Å². The van der Waals surface area contributed by atoms with Crippen LogP contribution in [0.4, 0.5) is 5.69 Å². The van der Waals surface area contributed by atoms with Gasteiger partial charge >= 0.3 is 0 Å². The van der Waals surface area contributed by atoms with Gasteiger partial charge in [-0.2, -0.15) is 0 Å². The van der Waals surface area contributed by atoms with Crippen molar-refractivity contribution in [1.29, 1.82) is 0 Å². The first-order chi connectivity index (χ1) is 10.7. The number of aromatic nitrogens is 1. The standard InChI is InChI=1S/C17H13IN2O2/c18-13-4-1-5-14(10-13)20-17(21)11-22-15-6-7-16-12(9-15)3-2-8-19-16/h1-10H,11H2,(H,20,21). The Morgan fingerprint density at radius 3 is 2.91 bits per heavy atom. The predicted octanol–water partition coefficient (Wildman–Crippen LogP) is 3.86. The molecular weight excluding hydrogens is 391 g/mol. The second kappa shape index (κ2) is 6.74. The van der Waals surface area contributed by atoms with Crippen molar-refractivity contribution in [3.05, 3.63) is 64.4 Å². The number of hydrogen-bond acceptors (Lipinski definition) is 3. The van der Waals surface area contributed by atoms with Crippen molar-refractivity contribution in [2.45, 2.75) is 0 Å². The van der Waals surface area contributed by atoms with Crippen molar-refractivity contribution < 1.29 is 9.53 Å². The molecule has 0 radical (unpaired) electrons. The average molecular weight is 404 g/mol. The first-order valence-electron chi connectivity index (χ1n) is 6.74. The highest BCUT2D eigenvalue weighted by molar-refractivity contribution is 14.1. The van der Waals surface area contributed by atoms with Crippen molar-refractivity contribution in [3.63, 3.8) is 0 Å². The number of benzene rings is 2. The maximum atomic E-state index is 11.9. The molecule has 2 aromatic carbocycles. The molecule has 0 unspecified atom stereocenters. The number of nitrogens with zero attached hydrogens (tertiary/aromatic N) is 1. The molecule has 1 N–H and O–H groups in total. The lowest BCUT2D eigenvalue weighted by Crippen LogP contribution is -2.20. The summed E-state index contributed by atoms with van der Waals surface area (Å²) in [6.45, 7) is -0.0305. The third kappa shape index (κ3) is 3.73. The summed E-state index contributed by atoms with van der Waals surface area (Å²) in [6, 6.07) is 17.0. The molecule has 0 aliphatic heterocycles. The number of pyridine rings is 1. The van der Waals surface area contributed by atoms with Gasteiger partial charge in [0.15, 0.2) is 6.61 Å². The Morgan fingerprint density at radius 1 is 1.14 bits per heavy atom. The molecule has 0 aliphatic carbocycles. The third-order valence-corrected chi connectivity index (χ3v) is 3.72. The van der Waals surface area contributed by atoms with Crippen LogP contribution < -0.4 is 10.1 Å². The number of hydrogen-bond donors (Lipinski definition) is 1. The molecule has 0 atom stereocenters. The van der Waals surface area contributed by atoms with E-state index in [0.717, 1.165) is 20.2 Å². The largest absolute Gasteiger partial charge is 0.484 e. The quantitative estimate of drug-likeness (QED) is 0.673. The number of carbonyl (C=O) groups is 1. The zero-order valence-corrected chi connectivity index (χ0v) is 13.8. The van der Waals surface area contributed by atoms with Crippen molar-refractivity contribution in [1.82, 2.24) is 4.98 Å². The van der Waals surface area contributed by atoms with Gasteiger partial charge in [-0.15, -0.1) is 0 Å². The van der Waals surface area contributed by atoms with Crippen LogP contribution >= 0.6 is 22.6 Å². The number of nitrogens with one attached hydrogen (secondary N) is 1. The number of rotatable bonds is 4. The Labute approximate surface area is 141 Å². The number of anilines is 1. The minimum absolute atomic E-state index is 0.0305. The number of carbonyl (C=O) groups excluding carboxylic acids is 1. The normalized spacial score (nSPS) is 10.4. The van der Waals surface area contributed by atoms with Gasteiger partial charge in [0.1, 0.15) is 5.75 Å². The van der Waals surface area contributed by atoms with E-state index in [-0.39, 0.29) is 12.5 Å². The minimum Gasteiger partial charge on any atom is -0.484 e. The van der Waals surface area contributed by atoms with E-state index in [1.54, 1.807) is 6.20 Å². The highest BCUT2D eigenvalue weighted by atomic mass is 127. The molecule has 1 aromatic heterocycles. The van der Waals surface area contributed by atoms with E-state index in [2.05, 4.69) is 32.9 Å². The maximum Gasteiger partial charge on any atom is 0.262 e. The molecule has 0 saturated carbocycles. The summed E-state index contributed by atoms with van der Waals surface area (Å²) in [4.78, 5) is 16.2. The van der Waals surface area contributed by atoms with Crippen LogP contribution in [0.3, 0.4) is 0 Å². The molecule has 1 amide bonds. The second-order valence-electron chi connectivity index (χ2n) is 4.71. The van der Waals surface area contributed by atoms with Gasteiger partial charge in [-0.1, -0.05) is 12.1 Å². The Kier molecular flexibility index (Phi) is 4.53. The van der Waals surface area contributed by atoms with E-state index in [1.807, 2.05) is 54.6 Å². The van der Waals surface area contributed by atoms with Gasteiger partial charge < -0.3 is 10.1 Å². The van der Waals surface area contributed by atoms with Gasteiger partial charge in [0, 0.05) is 20.8 Å². The maximum absolute atomic E-state index is 11.9. The number of fused-ring (bicyclic) bond motifs is 1. The average Bonchev–Trinajstić information content (AvgIpc) is 2.53. The molecule has 4 nitrogen and oxygen atoms in total. The molecule has 0 bridgehead atoms. The smallest absolute Gasteiger partial charge is 0.262 e. The highest BCUT2D eigenvalue weighted by Gasteiger charge is 2.05. The zero-order chi connectivity index (χ0) is 15.4. The predicted molar refractivity (Wildman–Crippen MR) is 95.0 cm³/mol. The van der Waals surface area contributed by atoms with E-state index in [0.29, 0.717) is 5.75 Å². The Bertz CT molecular complexity index is 820. The molecule has 3 rings (SSSR count). The van der Waals surface area contributed by atoms with Crippen LogP contribution in [0.15, 0.2) is 60.8 Å². The Morgan fingerprint density at radius 2 is 2.05 bits per heavy atom. The Balaban J connectivity index is 1.62. The van der Waals surface area contributed by atoms with Gasteiger partial charge in [-0.25, -0.2) is 0 Å². The molecule has 0 saturated heterocycles. The minimum atomic E-state index is -0.187. The fourth-order valence-electron chi connectivity index (χ4n) is 2.06. The van der Waals surface area contributed by atoms with Gasteiger partial charge in [-0.05, 0) is 65.1 Å². The summed E-state index contributed by atoms with van der Waals surface area (Å²) in [5.74, 6) is 0.464. The van der Waals surface area contributed by atoms with Crippen molar-refractivity contribution in [3.8, 4) is 5.75 Å². The number of halogens is 1. The molecule has 0 spiro atoms. The zero-order valence-electron chi connectivity index (χ0n) is 11.6. The number of ether oxygens (including phenoxy) is 1. The monoisotopic (exact) mass is 404 g/mol. The molecule has 5 heteroatoms. The summed E-state index contributed by atoms with van der Waals surface area (Å²) < 4.78 is 6.60. The van der Waals surface area contributed by atoms with Gasteiger partial charge in [-0.3, -0.25) is 9.78 Å². The van der Waals surface area contributed by atoms with Crippen molar-refractivity contribution >= 4 is 45.1 Å². The fourth-order valence-corrected chi connectivity index (χ4v) is 2.60. The SMILES string of the molecule is O=C(COc1ccc2ncccc2c1)Nc1cccc(I)c1. The lowest BCUT2D eigenvalue weighted by molar-refractivity contribution is -0.118. The van der Waals surface area contributed by atoms with E-state index in [9.17, 15) is 4.79 Å². The van der Waals surface area contributed by atoms with Gasteiger partial charge in [0.25, 0.3) is 5.91 Å². The van der Waals surface area contributed by atoms with Crippen molar-refractivity contribution in [2.75, 3.05) is 11.9 Å². The van der Waals surface area contributed by atoms with Crippen LogP contribution in [-0.2, 0) is 4.79 Å². The molecular formula is C17H13IN2O2. The first-order valence-corrected chi connectivity index (χ1v) is 7.81. The molecule has 0 aliphatic rings. The van der Waals surface area contributed by atoms with E-state index in [4.69, 9.17) is 4.74 Å². The van der Waals surface area contributed by atoms with E-state index in [1.165, 1.54) is 0 Å². The summed E-state index contributed by atoms with van der Waals surface area (Å²) in [5.41, 5.74) is 1.67. The van der Waals surface area contributed by atoms with Gasteiger partial charge in [0.2, 0.25) is 0 Å². The second-order valence-corrected chi connectivity index (χ2v) is 5.95. The fraction of sp³-hybridized carbons (Fsp3) is 0.0588. The molecule has 0 fully saturated rings. The first kappa shape index (κ1) is 14.8. The summed E-state index contributed by atoms with van der Waals surface area (Å²) in [6.07, 6.45) is 1.75. The van der Waals surface area contributed by atoms with E-state index < -0.39 is 0 Å². The summed E-state index contributed by atoms with van der Waals surface area (Å²) in [7, 11) is 0.